The van der Waals surface area contributed by atoms with Crippen molar-refractivity contribution < 1.29 is 57.9 Å². The van der Waals surface area contributed by atoms with E-state index in [1.54, 1.807) is 0 Å². The standard InChI is InChI=1S/C43H50N2O12/c1-25-23-33-34(24-26(25)2)45-38-37(44-33)31-13-7-8-14-32(31)43(38,17-15-35(46)54-19-21-56-41(52)29-11-5-3-9-27(29)39(48)49)18-16-36(47)55-20-22-57-42(53)30-12-6-4-10-28(30)40(50)51/h7-8,13-14,23-24,27-30H,3-6,9-12,15-22H2,1-2H3,(H,48,49)(H,50,51). The van der Waals surface area contributed by atoms with Gasteiger partial charge in [0.05, 0.1) is 46.1 Å². The summed E-state index contributed by atoms with van der Waals surface area (Å²) >= 11 is 0. The number of carbonyl (C=O) groups excluding carboxylic acids is 4. The number of carbonyl (C=O) groups is 6. The van der Waals surface area contributed by atoms with E-state index in [0.717, 1.165) is 53.5 Å². The van der Waals surface area contributed by atoms with E-state index in [2.05, 4.69) is 0 Å². The van der Waals surface area contributed by atoms with E-state index in [1.165, 1.54) is 0 Å². The number of carboxylic acids is 2. The Morgan fingerprint density at radius 1 is 0.632 bits per heavy atom. The fraction of sp³-hybridized carbons (Fsp3) is 0.535. The Bertz CT molecular complexity index is 1960. The van der Waals surface area contributed by atoms with E-state index in [0.29, 0.717) is 42.6 Å². The van der Waals surface area contributed by atoms with Crippen molar-refractivity contribution in [3.8, 4) is 11.3 Å². The molecular weight excluding hydrogens is 736 g/mol. The predicted molar refractivity (Wildman–Crippen MR) is 204 cm³/mol. The van der Waals surface area contributed by atoms with Crippen LogP contribution in [0.5, 0.6) is 0 Å². The highest BCUT2D eigenvalue weighted by molar-refractivity contribution is 5.86. The maximum atomic E-state index is 13.2. The third kappa shape index (κ3) is 9.26. The minimum absolute atomic E-state index is 0.0679. The number of aliphatic carboxylic acids is 2. The van der Waals surface area contributed by atoms with Gasteiger partial charge in [-0.25, -0.2) is 9.97 Å². The fourth-order valence-electron chi connectivity index (χ4n) is 8.70. The minimum Gasteiger partial charge on any atom is -0.481 e. The van der Waals surface area contributed by atoms with Gasteiger partial charge in [-0.1, -0.05) is 49.9 Å². The Hall–Kier alpha value is -5.40. The number of hydrogen-bond acceptors (Lipinski definition) is 12. The number of fused-ring (bicyclic) bond motifs is 4. The number of rotatable bonds is 16. The highest BCUT2D eigenvalue weighted by Crippen LogP contribution is 2.52. The zero-order chi connectivity index (χ0) is 40.7. The maximum Gasteiger partial charge on any atom is 0.309 e. The van der Waals surface area contributed by atoms with Crippen LogP contribution in [0.4, 0.5) is 0 Å². The first-order chi connectivity index (χ1) is 27.4. The first-order valence-corrected chi connectivity index (χ1v) is 19.9. The van der Waals surface area contributed by atoms with E-state index in [4.69, 9.17) is 28.9 Å². The summed E-state index contributed by atoms with van der Waals surface area (Å²) in [4.78, 5) is 85.3. The van der Waals surface area contributed by atoms with Gasteiger partial charge in [0.2, 0.25) is 0 Å². The van der Waals surface area contributed by atoms with Gasteiger partial charge in [-0.05, 0) is 81.2 Å². The number of nitrogens with zero attached hydrogens (tertiary/aromatic N) is 2. The molecule has 0 radical (unpaired) electrons. The van der Waals surface area contributed by atoms with Crippen molar-refractivity contribution in [3.63, 3.8) is 0 Å². The van der Waals surface area contributed by atoms with Crippen LogP contribution in [0.2, 0.25) is 0 Å². The lowest BCUT2D eigenvalue weighted by molar-refractivity contribution is -0.162. The molecule has 0 saturated heterocycles. The third-order valence-electron chi connectivity index (χ3n) is 11.9. The molecule has 6 rings (SSSR count). The Balaban J connectivity index is 1.13. The quantitative estimate of drug-likeness (QED) is 0.0967. The number of ether oxygens (including phenoxy) is 4. The van der Waals surface area contributed by atoms with Crippen LogP contribution in [0.25, 0.3) is 22.3 Å². The molecule has 4 atom stereocenters. The smallest absolute Gasteiger partial charge is 0.309 e. The molecule has 2 N–H and O–H groups in total. The molecule has 3 aromatic rings. The number of carboxylic acid groups (broad SMARTS) is 2. The first kappa shape index (κ1) is 41.2. The van der Waals surface area contributed by atoms with Crippen LogP contribution in [0.1, 0.15) is 99.4 Å². The highest BCUT2D eigenvalue weighted by atomic mass is 16.6. The lowest BCUT2D eigenvalue weighted by Crippen LogP contribution is -2.34. The van der Waals surface area contributed by atoms with E-state index in [-0.39, 0.29) is 52.1 Å². The molecule has 1 aromatic heterocycles. The fourth-order valence-corrected chi connectivity index (χ4v) is 8.70. The molecule has 304 valence electrons. The van der Waals surface area contributed by atoms with Gasteiger partial charge in [0.15, 0.2) is 0 Å². The van der Waals surface area contributed by atoms with Crippen LogP contribution in [0, 0.1) is 37.5 Å². The van der Waals surface area contributed by atoms with Crippen molar-refractivity contribution in [1.29, 1.82) is 0 Å². The molecule has 57 heavy (non-hydrogen) atoms. The van der Waals surface area contributed by atoms with Crippen molar-refractivity contribution in [2.45, 2.75) is 96.3 Å². The molecule has 1 heterocycles. The van der Waals surface area contributed by atoms with Gasteiger partial charge in [-0.2, -0.15) is 0 Å². The first-order valence-electron chi connectivity index (χ1n) is 19.9. The molecule has 3 aliphatic rings. The average molecular weight is 787 g/mol. The summed E-state index contributed by atoms with van der Waals surface area (Å²) in [5.41, 5.74) is 5.54. The molecule has 4 unspecified atom stereocenters. The Labute approximate surface area is 330 Å². The summed E-state index contributed by atoms with van der Waals surface area (Å²) in [7, 11) is 0. The Morgan fingerprint density at radius 3 is 1.56 bits per heavy atom. The second kappa shape index (κ2) is 18.2. The molecular formula is C43H50N2O12. The summed E-state index contributed by atoms with van der Waals surface area (Å²) in [6.45, 7) is 3.18. The molecule has 0 amide bonds. The van der Waals surface area contributed by atoms with Crippen molar-refractivity contribution in [1.82, 2.24) is 9.97 Å². The van der Waals surface area contributed by atoms with Gasteiger partial charge in [0.25, 0.3) is 0 Å². The van der Waals surface area contributed by atoms with Gasteiger partial charge in [-0.3, -0.25) is 28.8 Å². The van der Waals surface area contributed by atoms with Gasteiger partial charge in [-0.15, -0.1) is 0 Å². The number of esters is 4. The van der Waals surface area contributed by atoms with Gasteiger partial charge in [0.1, 0.15) is 26.4 Å². The zero-order valence-corrected chi connectivity index (χ0v) is 32.5. The van der Waals surface area contributed by atoms with Crippen molar-refractivity contribution in [2.75, 3.05) is 26.4 Å². The SMILES string of the molecule is Cc1cc2nc3c(nc2cc1C)C(CCC(=O)OCCOC(=O)C1CCCCC1C(=O)O)(CCC(=O)OCCOC(=O)C1CCCCC1C(=O)O)c1ccccc1-3. The van der Waals surface area contributed by atoms with Gasteiger partial charge < -0.3 is 29.2 Å². The van der Waals surface area contributed by atoms with E-state index >= 15 is 0 Å². The molecule has 14 nitrogen and oxygen atoms in total. The van der Waals surface area contributed by atoms with Crippen molar-refractivity contribution in [2.24, 2.45) is 23.7 Å². The van der Waals surface area contributed by atoms with Crippen LogP contribution >= 0.6 is 0 Å². The Kier molecular flexibility index (Phi) is 13.2. The zero-order valence-electron chi connectivity index (χ0n) is 32.5. The van der Waals surface area contributed by atoms with Crippen LogP contribution in [-0.2, 0) is 53.1 Å². The third-order valence-corrected chi connectivity index (χ3v) is 11.9. The summed E-state index contributed by atoms with van der Waals surface area (Å²) < 4.78 is 21.6. The van der Waals surface area contributed by atoms with Gasteiger partial charge in [0, 0.05) is 23.8 Å². The lowest BCUT2D eigenvalue weighted by Gasteiger charge is -2.30. The molecule has 3 aliphatic carbocycles. The van der Waals surface area contributed by atoms with Crippen molar-refractivity contribution >= 4 is 46.8 Å². The summed E-state index contributed by atoms with van der Waals surface area (Å²) in [6.07, 6.45) is 4.97. The topological polar surface area (TPSA) is 206 Å². The lowest BCUT2D eigenvalue weighted by atomic mass is 9.73. The second-order valence-corrected chi connectivity index (χ2v) is 15.4. The summed E-state index contributed by atoms with van der Waals surface area (Å²) in [5, 5.41) is 19.0. The second-order valence-electron chi connectivity index (χ2n) is 15.4. The van der Waals surface area contributed by atoms with E-state index in [1.807, 2.05) is 50.2 Å². The summed E-state index contributed by atoms with van der Waals surface area (Å²) in [6, 6.07) is 11.6. The van der Waals surface area contributed by atoms with Crippen molar-refractivity contribution in [3.05, 3.63) is 58.8 Å². The summed E-state index contributed by atoms with van der Waals surface area (Å²) in [5.74, 6) is -7.37. The molecule has 14 heteroatoms. The number of aromatic nitrogens is 2. The molecule has 0 aliphatic heterocycles. The Morgan fingerprint density at radius 2 is 1.07 bits per heavy atom. The predicted octanol–water partition coefficient (Wildman–Crippen LogP) is 6.03. The maximum absolute atomic E-state index is 13.2. The van der Waals surface area contributed by atoms with E-state index < -0.39 is 64.9 Å². The molecule has 0 bridgehead atoms. The van der Waals surface area contributed by atoms with Gasteiger partial charge >= 0.3 is 35.8 Å². The van der Waals surface area contributed by atoms with Crippen LogP contribution < -0.4 is 0 Å². The monoisotopic (exact) mass is 786 g/mol. The molecule has 2 aromatic carbocycles. The number of benzene rings is 2. The van der Waals surface area contributed by atoms with Crippen LogP contribution in [-0.4, -0.2) is 82.4 Å². The highest BCUT2D eigenvalue weighted by Gasteiger charge is 2.46. The van der Waals surface area contributed by atoms with Crippen LogP contribution in [0.15, 0.2) is 36.4 Å². The minimum atomic E-state index is -1.02. The number of aryl methyl sites for hydroxylation is 2. The molecule has 2 fully saturated rings. The average Bonchev–Trinajstić information content (AvgIpc) is 3.47. The normalized spacial score (nSPS) is 22.5. The molecule has 2 saturated carbocycles. The number of hydrogen-bond donors (Lipinski definition) is 2. The van der Waals surface area contributed by atoms with E-state index in [9.17, 15) is 39.0 Å². The largest absolute Gasteiger partial charge is 0.481 e. The molecule has 0 spiro atoms. The van der Waals surface area contributed by atoms with Crippen LogP contribution in [0.3, 0.4) is 0 Å².